The van der Waals surface area contributed by atoms with Gasteiger partial charge >= 0.3 is 5.97 Å². The van der Waals surface area contributed by atoms with Crippen LogP contribution in [0, 0.1) is 0 Å². The summed E-state index contributed by atoms with van der Waals surface area (Å²) in [5.41, 5.74) is -0.204. The van der Waals surface area contributed by atoms with E-state index in [2.05, 4.69) is 0 Å². The first-order valence-corrected chi connectivity index (χ1v) is 7.71. The fourth-order valence-electron chi connectivity index (χ4n) is 1.40. The van der Waals surface area contributed by atoms with Gasteiger partial charge in [-0.05, 0) is 25.1 Å². The average molecular weight is 320 g/mol. The van der Waals surface area contributed by atoms with Crippen LogP contribution in [-0.4, -0.2) is 49.6 Å². The number of amides is 1. The number of carboxylic acids is 1. The zero-order valence-corrected chi connectivity index (χ0v) is 12.5. The Morgan fingerprint density at radius 3 is 2.45 bits per heavy atom. The molecule has 0 bridgehead atoms. The SMILES string of the molecule is CCN(C)C(=O)CS(=O)(=O)c1cc(C(=O)O)ccc1Cl. The standard InChI is InChI=1S/C12H14ClNO5S/c1-3-14(2)11(15)7-20(18,19)10-6-8(12(16)17)4-5-9(10)13/h4-6H,3,7H2,1-2H3,(H,16,17). The summed E-state index contributed by atoms with van der Waals surface area (Å²) in [6.45, 7) is 2.08. The quantitative estimate of drug-likeness (QED) is 0.883. The lowest BCUT2D eigenvalue weighted by Crippen LogP contribution is -2.32. The molecular weight excluding hydrogens is 306 g/mol. The maximum absolute atomic E-state index is 12.1. The smallest absolute Gasteiger partial charge is 0.335 e. The van der Waals surface area contributed by atoms with E-state index in [1.54, 1.807) is 6.92 Å². The fraction of sp³-hybridized carbons (Fsp3) is 0.333. The van der Waals surface area contributed by atoms with Crippen LogP contribution in [0.15, 0.2) is 23.1 Å². The molecule has 1 amide bonds. The Hall–Kier alpha value is -1.60. The second-order valence-electron chi connectivity index (χ2n) is 4.12. The predicted octanol–water partition coefficient (Wildman–Crippen LogP) is 1.29. The maximum atomic E-state index is 12.1. The highest BCUT2D eigenvalue weighted by atomic mass is 35.5. The molecule has 1 rings (SSSR count). The molecule has 110 valence electrons. The van der Waals surface area contributed by atoms with Crippen LogP contribution in [0.5, 0.6) is 0 Å². The maximum Gasteiger partial charge on any atom is 0.335 e. The monoisotopic (exact) mass is 319 g/mol. The van der Waals surface area contributed by atoms with Crippen LogP contribution in [0.25, 0.3) is 0 Å². The molecule has 0 saturated carbocycles. The molecule has 8 heteroatoms. The number of carboxylic acid groups (broad SMARTS) is 1. The average Bonchev–Trinajstić information content (AvgIpc) is 2.37. The molecule has 0 saturated heterocycles. The molecule has 0 aliphatic carbocycles. The minimum Gasteiger partial charge on any atom is -0.478 e. The summed E-state index contributed by atoms with van der Waals surface area (Å²) in [6, 6.07) is 3.34. The van der Waals surface area contributed by atoms with E-state index >= 15 is 0 Å². The van der Waals surface area contributed by atoms with Crippen LogP contribution < -0.4 is 0 Å². The minimum atomic E-state index is -3.99. The van der Waals surface area contributed by atoms with E-state index in [1.165, 1.54) is 24.1 Å². The van der Waals surface area contributed by atoms with Gasteiger partial charge in [0.25, 0.3) is 0 Å². The lowest BCUT2D eigenvalue weighted by Gasteiger charge is -2.15. The van der Waals surface area contributed by atoms with Gasteiger partial charge in [-0.3, -0.25) is 4.79 Å². The van der Waals surface area contributed by atoms with Crippen LogP contribution in [0.3, 0.4) is 0 Å². The molecular formula is C12H14ClNO5S. The molecule has 0 aliphatic rings. The number of nitrogens with zero attached hydrogens (tertiary/aromatic N) is 1. The van der Waals surface area contributed by atoms with Crippen molar-refractivity contribution >= 4 is 33.3 Å². The Bertz CT molecular complexity index is 641. The van der Waals surface area contributed by atoms with Gasteiger partial charge in [0, 0.05) is 13.6 Å². The van der Waals surface area contributed by atoms with Gasteiger partial charge in [-0.1, -0.05) is 11.6 Å². The normalized spacial score (nSPS) is 11.2. The van der Waals surface area contributed by atoms with Crippen molar-refractivity contribution in [3.05, 3.63) is 28.8 Å². The van der Waals surface area contributed by atoms with Crippen LogP contribution in [0.4, 0.5) is 0 Å². The Morgan fingerprint density at radius 1 is 1.35 bits per heavy atom. The van der Waals surface area contributed by atoms with Crippen molar-refractivity contribution in [1.29, 1.82) is 0 Å². The summed E-state index contributed by atoms with van der Waals surface area (Å²) in [4.78, 5) is 23.4. The van der Waals surface area contributed by atoms with E-state index in [0.29, 0.717) is 6.54 Å². The Balaban J connectivity index is 3.19. The van der Waals surface area contributed by atoms with Gasteiger partial charge < -0.3 is 10.0 Å². The molecule has 0 radical (unpaired) electrons. The van der Waals surface area contributed by atoms with Gasteiger partial charge in [-0.25, -0.2) is 13.2 Å². The number of carbonyl (C=O) groups is 2. The van der Waals surface area contributed by atoms with Gasteiger partial charge in [0.05, 0.1) is 15.5 Å². The lowest BCUT2D eigenvalue weighted by molar-refractivity contribution is -0.126. The molecule has 20 heavy (non-hydrogen) atoms. The van der Waals surface area contributed by atoms with E-state index in [4.69, 9.17) is 16.7 Å². The van der Waals surface area contributed by atoms with Crippen molar-refractivity contribution in [2.75, 3.05) is 19.3 Å². The van der Waals surface area contributed by atoms with Crippen molar-refractivity contribution in [1.82, 2.24) is 4.90 Å². The van der Waals surface area contributed by atoms with Crippen molar-refractivity contribution in [2.45, 2.75) is 11.8 Å². The van der Waals surface area contributed by atoms with Gasteiger partial charge in [0.2, 0.25) is 5.91 Å². The number of aromatic carboxylic acids is 1. The number of carbonyl (C=O) groups excluding carboxylic acids is 1. The molecule has 1 aromatic rings. The molecule has 0 fully saturated rings. The van der Waals surface area contributed by atoms with Crippen LogP contribution >= 0.6 is 11.6 Å². The first-order chi connectivity index (χ1) is 9.19. The zero-order valence-electron chi connectivity index (χ0n) is 11.0. The van der Waals surface area contributed by atoms with Crippen LogP contribution in [-0.2, 0) is 14.6 Å². The highest BCUT2D eigenvalue weighted by Gasteiger charge is 2.24. The number of rotatable bonds is 5. The van der Waals surface area contributed by atoms with Gasteiger partial charge in [-0.15, -0.1) is 0 Å². The van der Waals surface area contributed by atoms with E-state index in [0.717, 1.165) is 6.07 Å². The fourth-order valence-corrected chi connectivity index (χ4v) is 3.24. The Labute approximate surface area is 121 Å². The molecule has 0 atom stereocenters. The highest BCUT2D eigenvalue weighted by Crippen LogP contribution is 2.24. The summed E-state index contributed by atoms with van der Waals surface area (Å²) < 4.78 is 24.3. The van der Waals surface area contributed by atoms with E-state index in [-0.39, 0.29) is 15.5 Å². The molecule has 6 nitrogen and oxygen atoms in total. The third-order valence-corrected chi connectivity index (χ3v) is 4.80. The molecule has 1 aromatic carbocycles. The molecule has 0 heterocycles. The minimum absolute atomic E-state index is 0.109. The second kappa shape index (κ2) is 6.23. The first kappa shape index (κ1) is 16.5. The number of sulfone groups is 1. The van der Waals surface area contributed by atoms with E-state index in [9.17, 15) is 18.0 Å². The van der Waals surface area contributed by atoms with Crippen molar-refractivity contribution < 1.29 is 23.1 Å². The molecule has 1 N–H and O–H groups in total. The third kappa shape index (κ3) is 3.71. The summed E-state index contributed by atoms with van der Waals surface area (Å²) in [5, 5.41) is 8.75. The van der Waals surface area contributed by atoms with Crippen molar-refractivity contribution in [2.24, 2.45) is 0 Å². The van der Waals surface area contributed by atoms with Crippen molar-refractivity contribution in [3.63, 3.8) is 0 Å². The highest BCUT2D eigenvalue weighted by molar-refractivity contribution is 7.92. The van der Waals surface area contributed by atoms with E-state index in [1.807, 2.05) is 0 Å². The summed E-state index contributed by atoms with van der Waals surface area (Å²) in [7, 11) is -2.51. The number of hydrogen-bond acceptors (Lipinski definition) is 4. The second-order valence-corrected chi connectivity index (χ2v) is 6.48. The van der Waals surface area contributed by atoms with E-state index < -0.39 is 27.5 Å². The Kier molecular flexibility index (Phi) is 5.13. The topological polar surface area (TPSA) is 91.8 Å². The van der Waals surface area contributed by atoms with Crippen molar-refractivity contribution in [3.8, 4) is 0 Å². The molecule has 0 spiro atoms. The summed E-state index contributed by atoms with van der Waals surface area (Å²) in [6.07, 6.45) is 0. The number of benzene rings is 1. The molecule has 0 unspecified atom stereocenters. The van der Waals surface area contributed by atoms with Gasteiger partial charge in [0.1, 0.15) is 5.75 Å². The third-order valence-electron chi connectivity index (χ3n) is 2.73. The summed E-state index contributed by atoms with van der Waals surface area (Å²) >= 11 is 5.79. The summed E-state index contributed by atoms with van der Waals surface area (Å²) in [5.74, 6) is -2.60. The molecule has 0 aliphatic heterocycles. The van der Waals surface area contributed by atoms with Gasteiger partial charge in [0.15, 0.2) is 9.84 Å². The predicted molar refractivity (Wildman–Crippen MR) is 73.8 cm³/mol. The number of hydrogen-bond donors (Lipinski definition) is 1. The van der Waals surface area contributed by atoms with Gasteiger partial charge in [-0.2, -0.15) is 0 Å². The largest absolute Gasteiger partial charge is 0.478 e. The first-order valence-electron chi connectivity index (χ1n) is 5.68. The van der Waals surface area contributed by atoms with Crippen LogP contribution in [0.1, 0.15) is 17.3 Å². The number of halogens is 1. The van der Waals surface area contributed by atoms with Crippen LogP contribution in [0.2, 0.25) is 5.02 Å². The molecule has 0 aromatic heterocycles. The Morgan fingerprint density at radius 2 is 1.95 bits per heavy atom. The lowest BCUT2D eigenvalue weighted by atomic mass is 10.2. The zero-order chi connectivity index (χ0) is 15.5.